The molecule has 0 aliphatic rings. The summed E-state index contributed by atoms with van der Waals surface area (Å²) in [6.07, 6.45) is 0.809. The summed E-state index contributed by atoms with van der Waals surface area (Å²) < 4.78 is 4.97. The summed E-state index contributed by atoms with van der Waals surface area (Å²) in [5, 5.41) is 6.57. The number of aromatic nitrogens is 2. The molecule has 0 unspecified atom stereocenters. The van der Waals surface area contributed by atoms with Gasteiger partial charge in [-0.3, -0.25) is 4.79 Å². The summed E-state index contributed by atoms with van der Waals surface area (Å²) in [5.74, 6) is 1.06. The molecule has 112 valence electrons. The molecule has 2 rings (SSSR count). The minimum absolute atomic E-state index is 0.0254. The zero-order valence-electron chi connectivity index (χ0n) is 12.6. The second-order valence-corrected chi connectivity index (χ2v) is 5.07. The predicted molar refractivity (Wildman–Crippen MR) is 80.0 cm³/mol. The first-order chi connectivity index (χ1) is 10.0. The molecule has 6 heteroatoms. The lowest BCUT2D eigenvalue weighted by atomic mass is 10.2. The van der Waals surface area contributed by atoms with Crippen molar-refractivity contribution in [3.63, 3.8) is 0 Å². The number of nitrogens with one attached hydrogen (secondary N) is 1. The highest BCUT2D eigenvalue weighted by Gasteiger charge is 2.07. The topological polar surface area (TPSA) is 71.3 Å². The van der Waals surface area contributed by atoms with Crippen molar-refractivity contribution >= 4 is 11.6 Å². The van der Waals surface area contributed by atoms with Crippen LogP contribution in [-0.4, -0.2) is 30.1 Å². The van der Waals surface area contributed by atoms with E-state index in [9.17, 15) is 4.79 Å². The van der Waals surface area contributed by atoms with Gasteiger partial charge in [0.2, 0.25) is 11.8 Å². The minimum atomic E-state index is -0.0254. The highest BCUT2D eigenvalue weighted by atomic mass is 16.5. The number of benzene rings is 1. The minimum Gasteiger partial charge on any atom is -0.378 e. The summed E-state index contributed by atoms with van der Waals surface area (Å²) in [6.45, 7) is 2.28. The van der Waals surface area contributed by atoms with Crippen molar-refractivity contribution in [2.24, 2.45) is 0 Å². The zero-order chi connectivity index (χ0) is 15.2. The van der Waals surface area contributed by atoms with Crippen LogP contribution in [0.25, 0.3) is 0 Å². The first-order valence-electron chi connectivity index (χ1n) is 6.87. The molecule has 0 bridgehead atoms. The quantitative estimate of drug-likeness (QED) is 0.876. The number of carbonyl (C=O) groups excluding carboxylic acids is 1. The molecule has 1 aromatic heterocycles. The van der Waals surface area contributed by atoms with E-state index in [0.29, 0.717) is 31.1 Å². The van der Waals surface area contributed by atoms with Gasteiger partial charge in [0.05, 0.1) is 0 Å². The molecule has 0 aliphatic heterocycles. The van der Waals surface area contributed by atoms with E-state index in [1.807, 2.05) is 43.3 Å². The van der Waals surface area contributed by atoms with Crippen LogP contribution in [0.5, 0.6) is 0 Å². The zero-order valence-corrected chi connectivity index (χ0v) is 12.6. The summed E-state index contributed by atoms with van der Waals surface area (Å²) in [6, 6.07) is 8.08. The predicted octanol–water partition coefficient (Wildman–Crippen LogP) is 1.69. The average molecular weight is 288 g/mol. The third-order valence-corrected chi connectivity index (χ3v) is 3.08. The highest BCUT2D eigenvalue weighted by Crippen LogP contribution is 2.12. The van der Waals surface area contributed by atoms with Crippen molar-refractivity contribution < 1.29 is 9.32 Å². The van der Waals surface area contributed by atoms with E-state index in [-0.39, 0.29) is 5.91 Å². The fraction of sp³-hybridized carbons (Fsp3) is 0.400. The van der Waals surface area contributed by atoms with E-state index in [0.717, 1.165) is 11.3 Å². The smallest absolute Gasteiger partial charge is 0.227 e. The molecule has 1 amide bonds. The van der Waals surface area contributed by atoms with Crippen molar-refractivity contribution in [1.29, 1.82) is 0 Å². The van der Waals surface area contributed by atoms with Crippen LogP contribution in [0.1, 0.15) is 23.7 Å². The number of aryl methyl sites for hydroxylation is 2. The standard InChI is InChI=1S/C15H20N4O2/c1-11-17-15(21-18-11)9-8-14(20)16-10-12-4-6-13(7-5-12)19(2)3/h4-7H,8-10H2,1-3H3,(H,16,20). The van der Waals surface area contributed by atoms with E-state index < -0.39 is 0 Å². The van der Waals surface area contributed by atoms with Gasteiger partial charge in [0, 0.05) is 39.2 Å². The molecule has 0 atom stereocenters. The van der Waals surface area contributed by atoms with Gasteiger partial charge in [-0.15, -0.1) is 0 Å². The number of carbonyl (C=O) groups is 1. The second kappa shape index (κ2) is 6.88. The molecular weight excluding hydrogens is 268 g/mol. The van der Waals surface area contributed by atoms with Gasteiger partial charge in [-0.1, -0.05) is 17.3 Å². The van der Waals surface area contributed by atoms with Gasteiger partial charge in [0.25, 0.3) is 0 Å². The van der Waals surface area contributed by atoms with Crippen molar-refractivity contribution in [3.8, 4) is 0 Å². The Kier molecular flexibility index (Phi) is 4.92. The Morgan fingerprint density at radius 2 is 2.00 bits per heavy atom. The maximum atomic E-state index is 11.8. The van der Waals surface area contributed by atoms with Crippen molar-refractivity contribution in [1.82, 2.24) is 15.5 Å². The van der Waals surface area contributed by atoms with Crippen LogP contribution in [0.15, 0.2) is 28.8 Å². The lowest BCUT2D eigenvalue weighted by Gasteiger charge is -2.12. The van der Waals surface area contributed by atoms with Crippen LogP contribution in [0.4, 0.5) is 5.69 Å². The second-order valence-electron chi connectivity index (χ2n) is 5.07. The Morgan fingerprint density at radius 3 is 2.57 bits per heavy atom. The van der Waals surface area contributed by atoms with Gasteiger partial charge in [-0.25, -0.2) is 0 Å². The highest BCUT2D eigenvalue weighted by molar-refractivity contribution is 5.76. The molecule has 0 saturated heterocycles. The van der Waals surface area contributed by atoms with Crippen LogP contribution in [-0.2, 0) is 17.8 Å². The Morgan fingerprint density at radius 1 is 1.29 bits per heavy atom. The van der Waals surface area contributed by atoms with E-state index in [1.165, 1.54) is 0 Å². The molecular formula is C15H20N4O2. The fourth-order valence-electron chi connectivity index (χ4n) is 1.86. The van der Waals surface area contributed by atoms with Crippen LogP contribution >= 0.6 is 0 Å². The van der Waals surface area contributed by atoms with E-state index in [1.54, 1.807) is 6.92 Å². The number of amides is 1. The lowest BCUT2D eigenvalue weighted by Crippen LogP contribution is -2.23. The normalized spacial score (nSPS) is 10.4. The number of rotatable bonds is 6. The SMILES string of the molecule is Cc1noc(CCC(=O)NCc2ccc(N(C)C)cc2)n1. The largest absolute Gasteiger partial charge is 0.378 e. The fourth-order valence-corrected chi connectivity index (χ4v) is 1.86. The van der Waals surface area contributed by atoms with Gasteiger partial charge < -0.3 is 14.7 Å². The Labute approximate surface area is 124 Å². The molecule has 0 saturated carbocycles. The number of hydrogen-bond donors (Lipinski definition) is 1. The van der Waals surface area contributed by atoms with Gasteiger partial charge in [0.1, 0.15) is 0 Å². The van der Waals surface area contributed by atoms with E-state index in [4.69, 9.17) is 4.52 Å². The number of hydrogen-bond acceptors (Lipinski definition) is 5. The average Bonchev–Trinajstić information content (AvgIpc) is 2.89. The van der Waals surface area contributed by atoms with Gasteiger partial charge >= 0.3 is 0 Å². The molecule has 1 aromatic carbocycles. The molecule has 1 N–H and O–H groups in total. The van der Waals surface area contributed by atoms with Crippen molar-refractivity contribution in [2.75, 3.05) is 19.0 Å². The molecule has 6 nitrogen and oxygen atoms in total. The summed E-state index contributed by atoms with van der Waals surface area (Å²) in [5.41, 5.74) is 2.21. The Hall–Kier alpha value is -2.37. The van der Waals surface area contributed by atoms with E-state index in [2.05, 4.69) is 15.5 Å². The number of nitrogens with zero attached hydrogens (tertiary/aromatic N) is 3. The van der Waals surface area contributed by atoms with Crippen LogP contribution < -0.4 is 10.2 Å². The molecule has 0 radical (unpaired) electrons. The number of anilines is 1. The summed E-state index contributed by atoms with van der Waals surface area (Å²) >= 11 is 0. The monoisotopic (exact) mass is 288 g/mol. The molecule has 2 aromatic rings. The molecule has 0 fully saturated rings. The first-order valence-corrected chi connectivity index (χ1v) is 6.87. The maximum Gasteiger partial charge on any atom is 0.227 e. The van der Waals surface area contributed by atoms with Crippen LogP contribution in [0.3, 0.4) is 0 Å². The molecule has 0 spiro atoms. The lowest BCUT2D eigenvalue weighted by molar-refractivity contribution is -0.121. The van der Waals surface area contributed by atoms with E-state index >= 15 is 0 Å². The molecule has 21 heavy (non-hydrogen) atoms. The van der Waals surface area contributed by atoms with Gasteiger partial charge in [0.15, 0.2) is 5.82 Å². The van der Waals surface area contributed by atoms with Gasteiger partial charge in [-0.2, -0.15) is 4.98 Å². The molecule has 0 aliphatic carbocycles. The third-order valence-electron chi connectivity index (χ3n) is 3.08. The first kappa shape index (κ1) is 15.0. The summed E-state index contributed by atoms with van der Waals surface area (Å²) in [4.78, 5) is 17.9. The van der Waals surface area contributed by atoms with Crippen LogP contribution in [0, 0.1) is 6.92 Å². The van der Waals surface area contributed by atoms with Crippen molar-refractivity contribution in [3.05, 3.63) is 41.5 Å². The third kappa shape index (κ3) is 4.59. The van der Waals surface area contributed by atoms with Crippen LogP contribution in [0.2, 0.25) is 0 Å². The van der Waals surface area contributed by atoms with Gasteiger partial charge in [-0.05, 0) is 24.6 Å². The maximum absolute atomic E-state index is 11.8. The van der Waals surface area contributed by atoms with Crippen molar-refractivity contribution in [2.45, 2.75) is 26.3 Å². The Bertz CT molecular complexity index is 590. The molecule has 1 heterocycles. The summed E-state index contributed by atoms with van der Waals surface area (Å²) in [7, 11) is 3.99. The Balaban J connectivity index is 1.75.